The van der Waals surface area contributed by atoms with Crippen LogP contribution in [0, 0.1) is 5.41 Å². The summed E-state index contributed by atoms with van der Waals surface area (Å²) < 4.78 is 0. The normalized spacial score (nSPS) is 20.4. The summed E-state index contributed by atoms with van der Waals surface area (Å²) in [5.74, 6) is 1.18. The van der Waals surface area contributed by atoms with Gasteiger partial charge in [-0.3, -0.25) is 0 Å². The SMILES string of the molecule is CC(C)(C)C=Cc1cc(N2CC[C@@H](N)C2)nc(N)n1. The van der Waals surface area contributed by atoms with Gasteiger partial charge >= 0.3 is 0 Å². The van der Waals surface area contributed by atoms with Crippen molar-refractivity contribution in [2.75, 3.05) is 23.7 Å². The van der Waals surface area contributed by atoms with Gasteiger partial charge in [-0.05, 0) is 17.9 Å². The number of anilines is 2. The van der Waals surface area contributed by atoms with Crippen LogP contribution in [0.1, 0.15) is 32.9 Å². The van der Waals surface area contributed by atoms with E-state index in [0.29, 0.717) is 5.95 Å². The molecule has 1 saturated heterocycles. The van der Waals surface area contributed by atoms with Crippen LogP contribution in [0.2, 0.25) is 0 Å². The van der Waals surface area contributed by atoms with E-state index in [1.54, 1.807) is 0 Å². The lowest BCUT2D eigenvalue weighted by Gasteiger charge is -2.17. The number of nitrogens with two attached hydrogens (primary N) is 2. The average molecular weight is 261 g/mol. The Morgan fingerprint density at radius 1 is 1.37 bits per heavy atom. The maximum absolute atomic E-state index is 5.92. The van der Waals surface area contributed by atoms with Gasteiger partial charge in [-0.15, -0.1) is 0 Å². The molecule has 104 valence electrons. The summed E-state index contributed by atoms with van der Waals surface area (Å²) in [7, 11) is 0. The summed E-state index contributed by atoms with van der Waals surface area (Å²) in [6, 6.07) is 2.20. The van der Waals surface area contributed by atoms with Gasteiger partial charge in [-0.1, -0.05) is 26.8 Å². The van der Waals surface area contributed by atoms with Gasteiger partial charge in [0.2, 0.25) is 5.95 Å². The fraction of sp³-hybridized carbons (Fsp3) is 0.571. The molecule has 1 aliphatic rings. The van der Waals surface area contributed by atoms with Gasteiger partial charge in [0.25, 0.3) is 0 Å². The minimum Gasteiger partial charge on any atom is -0.368 e. The van der Waals surface area contributed by atoms with Crippen molar-refractivity contribution in [2.24, 2.45) is 11.1 Å². The summed E-state index contributed by atoms with van der Waals surface area (Å²) in [6.45, 7) is 8.20. The first-order valence-corrected chi connectivity index (χ1v) is 6.68. The van der Waals surface area contributed by atoms with Crippen molar-refractivity contribution in [3.63, 3.8) is 0 Å². The maximum Gasteiger partial charge on any atom is 0.222 e. The lowest BCUT2D eigenvalue weighted by Crippen LogP contribution is -2.27. The molecule has 2 heterocycles. The first kappa shape index (κ1) is 13.8. The predicted molar refractivity (Wildman–Crippen MR) is 79.7 cm³/mol. The quantitative estimate of drug-likeness (QED) is 0.846. The van der Waals surface area contributed by atoms with E-state index in [4.69, 9.17) is 11.5 Å². The molecule has 0 unspecified atom stereocenters. The van der Waals surface area contributed by atoms with Gasteiger partial charge in [0, 0.05) is 25.2 Å². The molecule has 0 saturated carbocycles. The highest BCUT2D eigenvalue weighted by atomic mass is 15.2. The molecule has 1 atom stereocenters. The Morgan fingerprint density at radius 2 is 2.11 bits per heavy atom. The van der Waals surface area contributed by atoms with E-state index in [2.05, 4.69) is 41.7 Å². The van der Waals surface area contributed by atoms with E-state index < -0.39 is 0 Å². The van der Waals surface area contributed by atoms with Gasteiger partial charge in [-0.2, -0.15) is 4.98 Å². The Labute approximate surface area is 114 Å². The molecule has 5 nitrogen and oxygen atoms in total. The van der Waals surface area contributed by atoms with E-state index in [1.165, 1.54) is 0 Å². The van der Waals surface area contributed by atoms with Crippen LogP contribution in [0.4, 0.5) is 11.8 Å². The van der Waals surface area contributed by atoms with Crippen LogP contribution in [0.5, 0.6) is 0 Å². The molecule has 0 aliphatic carbocycles. The predicted octanol–water partition coefficient (Wildman–Crippen LogP) is 1.66. The van der Waals surface area contributed by atoms with Crippen molar-refractivity contribution in [1.29, 1.82) is 0 Å². The third-order valence-electron chi connectivity index (χ3n) is 3.05. The van der Waals surface area contributed by atoms with Gasteiger partial charge in [0.05, 0.1) is 5.69 Å². The highest BCUT2D eigenvalue weighted by molar-refractivity contribution is 5.55. The summed E-state index contributed by atoms with van der Waals surface area (Å²) in [5.41, 5.74) is 12.7. The van der Waals surface area contributed by atoms with Crippen LogP contribution < -0.4 is 16.4 Å². The van der Waals surface area contributed by atoms with Crippen molar-refractivity contribution < 1.29 is 0 Å². The Hall–Kier alpha value is -1.62. The molecule has 0 aromatic carbocycles. The number of hydrogen-bond acceptors (Lipinski definition) is 5. The first-order chi connectivity index (χ1) is 8.83. The largest absolute Gasteiger partial charge is 0.368 e. The van der Waals surface area contributed by atoms with Crippen LogP contribution in [0.15, 0.2) is 12.1 Å². The number of nitrogens with zero attached hydrogens (tertiary/aromatic N) is 3. The molecule has 0 radical (unpaired) electrons. The van der Waals surface area contributed by atoms with Crippen LogP contribution in [-0.2, 0) is 0 Å². The summed E-state index contributed by atoms with van der Waals surface area (Å²) in [4.78, 5) is 10.7. The number of hydrogen-bond donors (Lipinski definition) is 2. The zero-order chi connectivity index (χ0) is 14.0. The number of aromatic nitrogens is 2. The highest BCUT2D eigenvalue weighted by Crippen LogP contribution is 2.21. The monoisotopic (exact) mass is 261 g/mol. The third-order valence-corrected chi connectivity index (χ3v) is 3.05. The number of allylic oxidation sites excluding steroid dienone is 1. The maximum atomic E-state index is 5.92. The van der Waals surface area contributed by atoms with Crippen molar-refractivity contribution in [1.82, 2.24) is 9.97 Å². The second-order valence-electron chi connectivity index (χ2n) is 6.20. The van der Waals surface area contributed by atoms with E-state index in [1.807, 2.05) is 12.1 Å². The minimum atomic E-state index is 0.121. The second kappa shape index (κ2) is 5.17. The lowest BCUT2D eigenvalue weighted by molar-refractivity contribution is 0.547. The van der Waals surface area contributed by atoms with E-state index in [-0.39, 0.29) is 11.5 Å². The minimum absolute atomic E-state index is 0.121. The van der Waals surface area contributed by atoms with Crippen molar-refractivity contribution in [2.45, 2.75) is 33.2 Å². The molecule has 4 N–H and O–H groups in total. The molecule has 0 amide bonds. The Balaban J connectivity index is 2.22. The molecule has 5 heteroatoms. The van der Waals surface area contributed by atoms with E-state index >= 15 is 0 Å². The Bertz CT molecular complexity index is 475. The molecule has 0 spiro atoms. The molecule has 1 aromatic rings. The Morgan fingerprint density at radius 3 is 2.68 bits per heavy atom. The first-order valence-electron chi connectivity index (χ1n) is 6.68. The molecular weight excluding hydrogens is 238 g/mol. The standard InChI is InChI=1S/C14H23N5/c1-14(2,3)6-4-11-8-12(18-13(16)17-11)19-7-5-10(15)9-19/h4,6,8,10H,5,7,9,15H2,1-3H3,(H2,16,17,18)/t10-/m1/s1. The molecule has 0 bridgehead atoms. The molecule has 19 heavy (non-hydrogen) atoms. The van der Waals surface area contributed by atoms with Crippen LogP contribution >= 0.6 is 0 Å². The second-order valence-corrected chi connectivity index (χ2v) is 6.20. The van der Waals surface area contributed by atoms with Crippen molar-refractivity contribution in [3.05, 3.63) is 17.8 Å². The third kappa shape index (κ3) is 3.92. The highest BCUT2D eigenvalue weighted by Gasteiger charge is 2.20. The number of nitrogen functional groups attached to an aromatic ring is 1. The molecule has 1 aliphatic heterocycles. The van der Waals surface area contributed by atoms with Crippen molar-refractivity contribution >= 4 is 17.8 Å². The zero-order valence-corrected chi connectivity index (χ0v) is 11.9. The topological polar surface area (TPSA) is 81.1 Å². The van der Waals surface area contributed by atoms with Gasteiger partial charge in [0.15, 0.2) is 0 Å². The molecular formula is C14H23N5. The van der Waals surface area contributed by atoms with Crippen LogP contribution in [-0.4, -0.2) is 29.1 Å². The van der Waals surface area contributed by atoms with E-state index in [9.17, 15) is 0 Å². The fourth-order valence-corrected chi connectivity index (χ4v) is 2.05. The smallest absolute Gasteiger partial charge is 0.222 e. The van der Waals surface area contributed by atoms with Gasteiger partial charge < -0.3 is 16.4 Å². The summed E-state index contributed by atoms with van der Waals surface area (Å²) in [5, 5.41) is 0. The summed E-state index contributed by atoms with van der Waals surface area (Å²) >= 11 is 0. The Kier molecular flexibility index (Phi) is 3.75. The average Bonchev–Trinajstić information content (AvgIpc) is 2.72. The van der Waals surface area contributed by atoms with E-state index in [0.717, 1.165) is 31.0 Å². The molecule has 1 aromatic heterocycles. The fourth-order valence-electron chi connectivity index (χ4n) is 2.05. The summed E-state index contributed by atoms with van der Waals surface area (Å²) in [6.07, 6.45) is 5.11. The lowest BCUT2D eigenvalue weighted by atomic mass is 9.96. The van der Waals surface area contributed by atoms with Gasteiger partial charge in [-0.25, -0.2) is 4.98 Å². The van der Waals surface area contributed by atoms with Gasteiger partial charge in [0.1, 0.15) is 5.82 Å². The number of rotatable bonds is 2. The van der Waals surface area contributed by atoms with Crippen molar-refractivity contribution in [3.8, 4) is 0 Å². The van der Waals surface area contributed by atoms with Crippen LogP contribution in [0.3, 0.4) is 0 Å². The van der Waals surface area contributed by atoms with Crippen LogP contribution in [0.25, 0.3) is 6.08 Å². The molecule has 1 fully saturated rings. The molecule has 2 rings (SSSR count). The zero-order valence-electron chi connectivity index (χ0n) is 11.9.